The number of amides is 2. The minimum absolute atomic E-state index is 0.00356. The Morgan fingerprint density at radius 2 is 1.76 bits per heavy atom. The Morgan fingerprint density at radius 3 is 2.44 bits per heavy atom. The Bertz CT molecular complexity index is 1040. The zero-order valence-electron chi connectivity index (χ0n) is 18.9. The van der Waals surface area contributed by atoms with Gasteiger partial charge < -0.3 is 25.4 Å². The number of halogens is 2. The molecule has 0 radical (unpaired) electrons. The number of nitrogens with zero attached hydrogens (tertiary/aromatic N) is 1. The van der Waals surface area contributed by atoms with E-state index in [1.54, 1.807) is 12.1 Å². The number of carbonyl (C=O) groups is 2. The van der Waals surface area contributed by atoms with E-state index in [1.807, 2.05) is 6.07 Å². The lowest BCUT2D eigenvalue weighted by atomic mass is 9.93. The predicted octanol–water partition coefficient (Wildman–Crippen LogP) is 6.14. The number of carboxylic acid groups (broad SMARTS) is 1. The fourth-order valence-electron chi connectivity index (χ4n) is 4.38. The van der Waals surface area contributed by atoms with Gasteiger partial charge in [0.15, 0.2) is 6.61 Å². The molecular formula is C25H29ClFN3O4. The molecule has 0 heterocycles. The van der Waals surface area contributed by atoms with E-state index in [9.17, 15) is 14.0 Å². The van der Waals surface area contributed by atoms with Crippen LogP contribution in [0.5, 0.6) is 5.75 Å². The highest BCUT2D eigenvalue weighted by Crippen LogP contribution is 2.39. The van der Waals surface area contributed by atoms with Crippen LogP contribution in [0.3, 0.4) is 0 Å². The molecule has 9 heteroatoms. The fourth-order valence-corrected chi connectivity index (χ4v) is 4.54. The van der Waals surface area contributed by atoms with Crippen molar-refractivity contribution in [2.24, 2.45) is 5.92 Å². The lowest BCUT2D eigenvalue weighted by Gasteiger charge is -2.37. The Labute approximate surface area is 203 Å². The summed E-state index contributed by atoms with van der Waals surface area (Å²) in [5.41, 5.74) is 1.35. The van der Waals surface area contributed by atoms with Crippen LogP contribution in [-0.4, -0.2) is 36.3 Å². The van der Waals surface area contributed by atoms with Gasteiger partial charge in [-0.05, 0) is 61.9 Å². The molecule has 182 valence electrons. The molecule has 4 rings (SSSR count). The van der Waals surface area contributed by atoms with E-state index in [-0.39, 0.29) is 10.7 Å². The Kier molecular flexibility index (Phi) is 7.77. The molecule has 7 nitrogen and oxygen atoms in total. The summed E-state index contributed by atoms with van der Waals surface area (Å²) in [6.45, 7) is 0.414. The van der Waals surface area contributed by atoms with Gasteiger partial charge in [-0.15, -0.1) is 0 Å². The molecule has 0 aliphatic heterocycles. The Morgan fingerprint density at radius 1 is 1.03 bits per heavy atom. The highest BCUT2D eigenvalue weighted by molar-refractivity contribution is 6.30. The van der Waals surface area contributed by atoms with Gasteiger partial charge in [-0.3, -0.25) is 0 Å². The fraction of sp³-hybridized carbons (Fsp3) is 0.440. The first-order valence-electron chi connectivity index (χ1n) is 11.7. The maximum absolute atomic E-state index is 14.2. The second-order valence-corrected chi connectivity index (χ2v) is 9.39. The number of ether oxygens (including phenoxy) is 1. The van der Waals surface area contributed by atoms with E-state index in [1.165, 1.54) is 44.2 Å². The van der Waals surface area contributed by atoms with Gasteiger partial charge in [0.2, 0.25) is 0 Å². The standard InChI is InChI=1S/C25H29ClFN3O4/c26-17-8-10-21(20(27)12-17)28-25(33)29-22-13-19(34-15-24(31)32)9-11-23(22)30(14-16-6-7-16)18-4-2-1-3-5-18/h8-13,16,18H,1-7,14-15H2,(H,31,32)(H2,28,29,33). The average Bonchev–Trinajstić information content (AvgIpc) is 3.63. The lowest BCUT2D eigenvalue weighted by Crippen LogP contribution is -2.39. The molecular weight excluding hydrogens is 461 g/mol. The number of hydrogen-bond donors (Lipinski definition) is 3. The number of urea groups is 1. The molecule has 2 aromatic carbocycles. The van der Waals surface area contributed by atoms with Gasteiger partial charge in [-0.2, -0.15) is 0 Å². The molecule has 0 unspecified atom stereocenters. The Hall–Kier alpha value is -3.00. The van der Waals surface area contributed by atoms with Crippen molar-refractivity contribution in [2.45, 2.75) is 51.0 Å². The van der Waals surface area contributed by atoms with Gasteiger partial charge in [0.1, 0.15) is 11.6 Å². The van der Waals surface area contributed by atoms with Gasteiger partial charge in [0, 0.05) is 23.7 Å². The van der Waals surface area contributed by atoms with Crippen LogP contribution in [0.2, 0.25) is 5.02 Å². The third kappa shape index (κ3) is 6.53. The molecule has 0 aromatic heterocycles. The smallest absolute Gasteiger partial charge is 0.341 e. The van der Waals surface area contributed by atoms with Crippen LogP contribution in [0.1, 0.15) is 44.9 Å². The quantitative estimate of drug-likeness (QED) is 0.394. The molecule has 0 saturated heterocycles. The van der Waals surface area contributed by atoms with E-state index in [2.05, 4.69) is 15.5 Å². The van der Waals surface area contributed by atoms with Gasteiger partial charge >= 0.3 is 12.0 Å². The zero-order valence-corrected chi connectivity index (χ0v) is 19.6. The molecule has 2 fully saturated rings. The molecule has 2 saturated carbocycles. The second kappa shape index (κ2) is 11.0. The summed E-state index contributed by atoms with van der Waals surface area (Å²) in [6, 6.07) is 8.99. The number of benzene rings is 2. The van der Waals surface area contributed by atoms with Gasteiger partial charge in [0.25, 0.3) is 0 Å². The zero-order chi connectivity index (χ0) is 24.1. The number of anilines is 3. The minimum Gasteiger partial charge on any atom is -0.482 e. The first-order chi connectivity index (χ1) is 16.4. The van der Waals surface area contributed by atoms with E-state index < -0.39 is 24.4 Å². The monoisotopic (exact) mass is 489 g/mol. The van der Waals surface area contributed by atoms with Crippen molar-refractivity contribution >= 4 is 40.7 Å². The predicted molar refractivity (Wildman–Crippen MR) is 131 cm³/mol. The summed E-state index contributed by atoms with van der Waals surface area (Å²) in [5, 5.41) is 14.5. The molecule has 0 atom stereocenters. The van der Waals surface area contributed by atoms with E-state index in [0.29, 0.717) is 23.4 Å². The molecule has 34 heavy (non-hydrogen) atoms. The summed E-state index contributed by atoms with van der Waals surface area (Å²) in [6.07, 6.45) is 8.15. The van der Waals surface area contributed by atoms with E-state index in [4.69, 9.17) is 21.4 Å². The summed E-state index contributed by atoms with van der Waals surface area (Å²) in [4.78, 5) is 26.1. The minimum atomic E-state index is -1.09. The van der Waals surface area contributed by atoms with Crippen LogP contribution in [-0.2, 0) is 4.79 Å². The topological polar surface area (TPSA) is 90.9 Å². The van der Waals surface area contributed by atoms with Crippen molar-refractivity contribution in [1.82, 2.24) is 0 Å². The van der Waals surface area contributed by atoms with Crippen molar-refractivity contribution in [1.29, 1.82) is 0 Å². The first-order valence-corrected chi connectivity index (χ1v) is 12.0. The Balaban J connectivity index is 1.60. The molecule has 0 spiro atoms. The number of rotatable bonds is 9. The van der Waals surface area contributed by atoms with E-state index >= 15 is 0 Å². The van der Waals surface area contributed by atoms with Crippen molar-refractivity contribution in [3.05, 3.63) is 47.2 Å². The van der Waals surface area contributed by atoms with Crippen LogP contribution < -0.4 is 20.3 Å². The molecule has 0 bridgehead atoms. The third-order valence-electron chi connectivity index (χ3n) is 6.23. The van der Waals surface area contributed by atoms with Crippen LogP contribution in [0.4, 0.5) is 26.2 Å². The molecule has 2 aliphatic carbocycles. The van der Waals surface area contributed by atoms with Crippen LogP contribution in [0.25, 0.3) is 0 Å². The van der Waals surface area contributed by atoms with Crippen molar-refractivity contribution < 1.29 is 23.8 Å². The number of hydrogen-bond acceptors (Lipinski definition) is 4. The maximum atomic E-state index is 14.2. The summed E-state index contributed by atoms with van der Waals surface area (Å²) < 4.78 is 19.5. The largest absolute Gasteiger partial charge is 0.482 e. The highest BCUT2D eigenvalue weighted by Gasteiger charge is 2.30. The summed E-state index contributed by atoms with van der Waals surface area (Å²) in [5.74, 6) is -0.769. The van der Waals surface area contributed by atoms with Crippen molar-refractivity contribution in [3.63, 3.8) is 0 Å². The van der Waals surface area contributed by atoms with Gasteiger partial charge in [-0.1, -0.05) is 30.9 Å². The number of carboxylic acids is 1. The van der Waals surface area contributed by atoms with Crippen LogP contribution >= 0.6 is 11.6 Å². The SMILES string of the molecule is O=C(O)COc1ccc(N(CC2CC2)C2CCCCC2)c(NC(=O)Nc2ccc(Cl)cc2F)c1. The first kappa shape index (κ1) is 24.1. The highest BCUT2D eigenvalue weighted by atomic mass is 35.5. The van der Waals surface area contributed by atoms with Crippen molar-refractivity contribution in [3.8, 4) is 5.75 Å². The second-order valence-electron chi connectivity index (χ2n) is 8.95. The summed E-state index contributed by atoms with van der Waals surface area (Å²) >= 11 is 5.80. The number of carbonyl (C=O) groups excluding carboxylic acids is 1. The van der Waals surface area contributed by atoms with Gasteiger partial charge in [-0.25, -0.2) is 14.0 Å². The average molecular weight is 490 g/mol. The lowest BCUT2D eigenvalue weighted by molar-refractivity contribution is -0.139. The van der Waals surface area contributed by atoms with Crippen molar-refractivity contribution in [2.75, 3.05) is 28.7 Å². The molecule has 2 amide bonds. The summed E-state index contributed by atoms with van der Waals surface area (Å²) in [7, 11) is 0. The normalized spacial score (nSPS) is 16.1. The molecule has 2 aromatic rings. The maximum Gasteiger partial charge on any atom is 0.341 e. The van der Waals surface area contributed by atoms with Crippen LogP contribution in [0.15, 0.2) is 36.4 Å². The number of nitrogens with one attached hydrogen (secondary N) is 2. The number of aliphatic carboxylic acids is 1. The van der Waals surface area contributed by atoms with Gasteiger partial charge in [0.05, 0.1) is 17.1 Å². The third-order valence-corrected chi connectivity index (χ3v) is 6.47. The van der Waals surface area contributed by atoms with E-state index in [0.717, 1.165) is 31.1 Å². The van der Waals surface area contributed by atoms with Crippen LogP contribution in [0, 0.1) is 11.7 Å². The molecule has 2 aliphatic rings. The molecule has 3 N–H and O–H groups in total.